The van der Waals surface area contributed by atoms with Crippen molar-refractivity contribution in [1.82, 2.24) is 5.32 Å². The van der Waals surface area contributed by atoms with Crippen LogP contribution in [-0.4, -0.2) is 49.6 Å². The number of esters is 2. The highest BCUT2D eigenvalue weighted by molar-refractivity contribution is 9.10. The molecule has 2 rings (SSSR count). The fourth-order valence-electron chi connectivity index (χ4n) is 2.71. The Balaban J connectivity index is 2.10. The topological polar surface area (TPSA) is 102 Å². The van der Waals surface area contributed by atoms with Crippen LogP contribution in [0.3, 0.4) is 0 Å². The predicted octanol–water partition coefficient (Wildman–Crippen LogP) is 1.41. The lowest BCUT2D eigenvalue weighted by molar-refractivity contribution is -0.159. The second-order valence-electron chi connectivity index (χ2n) is 5.80. The van der Waals surface area contributed by atoms with Gasteiger partial charge in [-0.3, -0.25) is 9.59 Å². The largest absolute Gasteiger partial charge is 0.464 e. The molecule has 1 atom stereocenters. The van der Waals surface area contributed by atoms with Gasteiger partial charge in [0.15, 0.2) is 0 Å². The third kappa shape index (κ3) is 5.06. The number of carbonyl (C=O) groups excluding carboxylic acids is 4. The van der Waals surface area contributed by atoms with Crippen molar-refractivity contribution in [3.05, 3.63) is 28.7 Å². The second kappa shape index (κ2) is 9.50. The van der Waals surface area contributed by atoms with Crippen molar-refractivity contribution < 1.29 is 28.7 Å². The van der Waals surface area contributed by atoms with E-state index in [4.69, 9.17) is 9.47 Å². The molecule has 1 aromatic carbocycles. The highest BCUT2D eigenvalue weighted by Crippen LogP contribution is 2.31. The summed E-state index contributed by atoms with van der Waals surface area (Å²) < 4.78 is 10.4. The van der Waals surface area contributed by atoms with Crippen LogP contribution in [0.25, 0.3) is 0 Å². The number of hydrogen-bond acceptors (Lipinski definition) is 6. The molecule has 1 aliphatic heterocycles. The molecule has 1 saturated heterocycles. The highest BCUT2D eigenvalue weighted by Gasteiger charge is 2.39. The third-order valence-electron chi connectivity index (χ3n) is 3.97. The fraction of sp³-hybridized carbons (Fsp3) is 0.444. The lowest BCUT2D eigenvalue weighted by Gasteiger charge is -2.19. The van der Waals surface area contributed by atoms with Crippen molar-refractivity contribution in [3.8, 4) is 0 Å². The van der Waals surface area contributed by atoms with Crippen LogP contribution in [-0.2, 0) is 28.7 Å². The van der Waals surface area contributed by atoms with Gasteiger partial charge in [0.25, 0.3) is 0 Å². The second-order valence-corrected chi connectivity index (χ2v) is 6.66. The zero-order chi connectivity index (χ0) is 20.0. The molecular formula is C18H21BrN2O6. The maximum atomic E-state index is 12.6. The van der Waals surface area contributed by atoms with Gasteiger partial charge in [-0.05, 0) is 41.9 Å². The number of carbonyl (C=O) groups is 4. The smallest absolute Gasteiger partial charge is 0.340 e. The van der Waals surface area contributed by atoms with Crippen LogP contribution < -0.4 is 10.2 Å². The van der Waals surface area contributed by atoms with Crippen molar-refractivity contribution >= 4 is 45.4 Å². The van der Waals surface area contributed by atoms with E-state index in [9.17, 15) is 19.2 Å². The molecule has 0 aromatic heterocycles. The number of halogens is 1. The molecule has 1 aliphatic rings. The maximum absolute atomic E-state index is 12.6. The zero-order valence-electron chi connectivity index (χ0n) is 15.1. The summed E-state index contributed by atoms with van der Waals surface area (Å²) in [7, 11) is 0. The number of para-hydroxylation sites is 1. The van der Waals surface area contributed by atoms with E-state index in [0.29, 0.717) is 5.69 Å². The van der Waals surface area contributed by atoms with E-state index in [0.717, 1.165) is 4.47 Å². The minimum Gasteiger partial charge on any atom is -0.464 e. The number of amides is 2. The predicted molar refractivity (Wildman–Crippen MR) is 99.8 cm³/mol. The van der Waals surface area contributed by atoms with E-state index in [1.165, 1.54) is 4.90 Å². The third-order valence-corrected chi connectivity index (χ3v) is 4.64. The molecule has 2 amide bonds. The molecule has 0 aliphatic carbocycles. The molecule has 1 fully saturated rings. The Morgan fingerprint density at radius 1 is 1.19 bits per heavy atom. The van der Waals surface area contributed by atoms with Gasteiger partial charge >= 0.3 is 11.9 Å². The molecule has 1 aromatic rings. The van der Waals surface area contributed by atoms with Crippen LogP contribution in [0.5, 0.6) is 0 Å². The van der Waals surface area contributed by atoms with E-state index >= 15 is 0 Å². The van der Waals surface area contributed by atoms with E-state index in [1.54, 1.807) is 32.0 Å². The molecule has 1 N–H and O–H groups in total. The first-order valence-electron chi connectivity index (χ1n) is 8.57. The number of hydrogen-bond donors (Lipinski definition) is 1. The van der Waals surface area contributed by atoms with E-state index in [-0.39, 0.29) is 32.1 Å². The Labute approximate surface area is 165 Å². The van der Waals surface area contributed by atoms with Crippen molar-refractivity contribution in [2.75, 3.05) is 24.7 Å². The lowest BCUT2D eigenvalue weighted by atomic mass is 10.1. The van der Waals surface area contributed by atoms with Crippen molar-refractivity contribution in [2.45, 2.75) is 26.3 Å². The summed E-state index contributed by atoms with van der Waals surface area (Å²) in [6, 6.07) is 5.63. The molecule has 0 unspecified atom stereocenters. The van der Waals surface area contributed by atoms with Gasteiger partial charge in [-0.15, -0.1) is 0 Å². The summed E-state index contributed by atoms with van der Waals surface area (Å²) in [6.07, 6.45) is -0.0223. The quantitative estimate of drug-likeness (QED) is 0.507. The Morgan fingerprint density at radius 2 is 1.78 bits per heavy atom. The summed E-state index contributed by atoms with van der Waals surface area (Å²) in [4.78, 5) is 50.4. The number of nitrogens with zero attached hydrogens (tertiary/aromatic N) is 1. The van der Waals surface area contributed by atoms with Gasteiger partial charge in [0.05, 0.1) is 24.8 Å². The van der Waals surface area contributed by atoms with Gasteiger partial charge in [0, 0.05) is 17.4 Å². The van der Waals surface area contributed by atoms with Crippen LogP contribution in [0.4, 0.5) is 5.69 Å². The lowest BCUT2D eigenvalue weighted by Crippen LogP contribution is -2.50. The van der Waals surface area contributed by atoms with Crippen LogP contribution in [0.15, 0.2) is 28.7 Å². The average Bonchev–Trinajstić information content (AvgIpc) is 3.02. The van der Waals surface area contributed by atoms with Crippen molar-refractivity contribution in [2.24, 2.45) is 5.92 Å². The van der Waals surface area contributed by atoms with E-state index < -0.39 is 29.8 Å². The first kappa shape index (κ1) is 20.9. The Bertz CT molecular complexity index is 720. The molecule has 146 valence electrons. The monoisotopic (exact) mass is 440 g/mol. The Morgan fingerprint density at radius 3 is 2.33 bits per heavy atom. The summed E-state index contributed by atoms with van der Waals surface area (Å²) in [5, 5.41) is 2.36. The Kier molecular flexibility index (Phi) is 7.35. The molecule has 8 nitrogen and oxygen atoms in total. The van der Waals surface area contributed by atoms with Crippen LogP contribution in [0.2, 0.25) is 0 Å². The van der Waals surface area contributed by atoms with Crippen LogP contribution in [0, 0.1) is 5.92 Å². The highest BCUT2D eigenvalue weighted by atomic mass is 79.9. The average molecular weight is 441 g/mol. The first-order chi connectivity index (χ1) is 12.9. The standard InChI is InChI=1S/C18H21BrN2O6/c1-3-26-17(24)15(18(25)27-4-2)20-16(23)11-9-14(22)21(10-11)13-8-6-5-7-12(13)19/h5-8,11,15H,3-4,9-10H2,1-2H3,(H,20,23)/t11-/m0/s1. The van der Waals surface area contributed by atoms with Gasteiger partial charge in [-0.2, -0.15) is 0 Å². The van der Waals surface area contributed by atoms with Crippen molar-refractivity contribution in [3.63, 3.8) is 0 Å². The van der Waals surface area contributed by atoms with Gasteiger partial charge in [0.2, 0.25) is 17.9 Å². The van der Waals surface area contributed by atoms with E-state index in [1.807, 2.05) is 6.07 Å². The van der Waals surface area contributed by atoms with Gasteiger partial charge in [0.1, 0.15) is 0 Å². The number of ether oxygens (including phenoxy) is 2. The zero-order valence-corrected chi connectivity index (χ0v) is 16.7. The van der Waals surface area contributed by atoms with Crippen LogP contribution >= 0.6 is 15.9 Å². The normalized spacial score (nSPS) is 16.4. The first-order valence-corrected chi connectivity index (χ1v) is 9.36. The minimum absolute atomic E-state index is 0.0223. The molecule has 9 heteroatoms. The Hall–Kier alpha value is -2.42. The van der Waals surface area contributed by atoms with Gasteiger partial charge in [-0.25, -0.2) is 9.59 Å². The SMILES string of the molecule is CCOC(=O)C(NC(=O)[C@H]1CC(=O)N(c2ccccc2Br)C1)C(=O)OCC. The summed E-state index contributed by atoms with van der Waals surface area (Å²) >= 11 is 3.39. The molecule has 0 radical (unpaired) electrons. The molecule has 0 spiro atoms. The summed E-state index contributed by atoms with van der Waals surface area (Å²) in [5.41, 5.74) is 0.658. The molecule has 0 saturated carbocycles. The maximum Gasteiger partial charge on any atom is 0.340 e. The molecule has 0 bridgehead atoms. The van der Waals surface area contributed by atoms with Gasteiger partial charge in [-0.1, -0.05) is 12.1 Å². The summed E-state index contributed by atoms with van der Waals surface area (Å²) in [6.45, 7) is 3.44. The minimum atomic E-state index is -1.55. The molecular weight excluding hydrogens is 420 g/mol. The van der Waals surface area contributed by atoms with Gasteiger partial charge < -0.3 is 19.7 Å². The number of benzene rings is 1. The number of nitrogens with one attached hydrogen (secondary N) is 1. The van der Waals surface area contributed by atoms with Crippen LogP contribution in [0.1, 0.15) is 20.3 Å². The van der Waals surface area contributed by atoms with Crippen molar-refractivity contribution in [1.29, 1.82) is 0 Å². The molecule has 27 heavy (non-hydrogen) atoms. The summed E-state index contributed by atoms with van der Waals surface area (Å²) in [5.74, 6) is -3.28. The number of anilines is 1. The van der Waals surface area contributed by atoms with E-state index in [2.05, 4.69) is 21.2 Å². The fourth-order valence-corrected chi connectivity index (χ4v) is 3.21. The number of rotatable bonds is 7. The molecule has 1 heterocycles.